The minimum atomic E-state index is -0.0576. The summed E-state index contributed by atoms with van der Waals surface area (Å²) in [4.78, 5) is 11.2. The summed E-state index contributed by atoms with van der Waals surface area (Å²) < 4.78 is 4.71. The fraction of sp³-hybridized carbons (Fsp3) is 0.700. The van der Waals surface area contributed by atoms with Crippen LogP contribution in [0.3, 0.4) is 0 Å². The number of carbonyl (C=O) groups is 1. The second-order valence-corrected chi connectivity index (χ2v) is 3.29. The van der Waals surface area contributed by atoms with Crippen LogP contribution in [0.2, 0.25) is 0 Å². The van der Waals surface area contributed by atoms with Crippen molar-refractivity contribution in [2.24, 2.45) is 11.8 Å². The van der Waals surface area contributed by atoms with Crippen molar-refractivity contribution in [3.63, 3.8) is 0 Å². The van der Waals surface area contributed by atoms with Gasteiger partial charge in [0.1, 0.15) is 0 Å². The summed E-state index contributed by atoms with van der Waals surface area (Å²) in [6.45, 7) is 2.15. The monoisotopic (exact) mass is 168 g/mol. The SMILES string of the molecule is CC[C@H]1C=CC[C@@H](C(=O)OC)C1. The summed E-state index contributed by atoms with van der Waals surface area (Å²) in [5.74, 6) is 0.616. The van der Waals surface area contributed by atoms with Gasteiger partial charge in [0, 0.05) is 0 Å². The number of methoxy groups -OCH3 is 1. The number of esters is 1. The number of allylic oxidation sites excluding steroid dienone is 2. The van der Waals surface area contributed by atoms with Crippen molar-refractivity contribution in [2.45, 2.75) is 26.2 Å². The molecule has 0 aromatic carbocycles. The van der Waals surface area contributed by atoms with Gasteiger partial charge < -0.3 is 4.74 Å². The maximum absolute atomic E-state index is 11.2. The zero-order valence-electron chi connectivity index (χ0n) is 7.75. The first-order chi connectivity index (χ1) is 5.77. The van der Waals surface area contributed by atoms with Crippen LogP contribution in [0, 0.1) is 11.8 Å². The first-order valence-corrected chi connectivity index (χ1v) is 4.52. The fourth-order valence-corrected chi connectivity index (χ4v) is 1.64. The number of rotatable bonds is 2. The van der Waals surface area contributed by atoms with Gasteiger partial charge in [-0.1, -0.05) is 19.1 Å². The molecule has 2 heteroatoms. The molecule has 0 unspecified atom stereocenters. The molecule has 0 saturated heterocycles. The highest BCUT2D eigenvalue weighted by Gasteiger charge is 2.23. The second kappa shape index (κ2) is 4.29. The Hall–Kier alpha value is -0.790. The lowest BCUT2D eigenvalue weighted by atomic mass is 9.85. The van der Waals surface area contributed by atoms with E-state index in [1.165, 1.54) is 7.11 Å². The number of ether oxygens (including phenoxy) is 1. The Balaban J connectivity index is 2.49. The van der Waals surface area contributed by atoms with Crippen LogP contribution in [-0.4, -0.2) is 13.1 Å². The van der Waals surface area contributed by atoms with E-state index in [2.05, 4.69) is 19.1 Å². The predicted octanol–water partition coefficient (Wildman–Crippen LogP) is 2.15. The van der Waals surface area contributed by atoms with Gasteiger partial charge in [0.15, 0.2) is 0 Å². The van der Waals surface area contributed by atoms with Gasteiger partial charge in [-0.2, -0.15) is 0 Å². The van der Waals surface area contributed by atoms with Crippen LogP contribution in [0.4, 0.5) is 0 Å². The highest BCUT2D eigenvalue weighted by Crippen LogP contribution is 2.26. The van der Waals surface area contributed by atoms with E-state index in [4.69, 9.17) is 4.74 Å². The van der Waals surface area contributed by atoms with Gasteiger partial charge in [0.2, 0.25) is 0 Å². The van der Waals surface area contributed by atoms with E-state index in [0.29, 0.717) is 5.92 Å². The highest BCUT2D eigenvalue weighted by atomic mass is 16.5. The maximum atomic E-state index is 11.2. The Morgan fingerprint density at radius 3 is 3.00 bits per heavy atom. The molecule has 1 rings (SSSR count). The highest BCUT2D eigenvalue weighted by molar-refractivity contribution is 5.72. The lowest BCUT2D eigenvalue weighted by Gasteiger charge is -2.21. The first kappa shape index (κ1) is 9.30. The summed E-state index contributed by atoms with van der Waals surface area (Å²) in [5.41, 5.74) is 0. The van der Waals surface area contributed by atoms with Crippen LogP contribution in [0.15, 0.2) is 12.2 Å². The van der Waals surface area contributed by atoms with Crippen molar-refractivity contribution in [3.05, 3.63) is 12.2 Å². The quantitative estimate of drug-likeness (QED) is 0.466. The fourth-order valence-electron chi connectivity index (χ4n) is 1.64. The molecule has 0 N–H and O–H groups in total. The molecule has 0 amide bonds. The number of carbonyl (C=O) groups excluding carboxylic acids is 1. The Kier molecular flexibility index (Phi) is 3.32. The van der Waals surface area contributed by atoms with Gasteiger partial charge >= 0.3 is 5.97 Å². The zero-order chi connectivity index (χ0) is 8.97. The van der Waals surface area contributed by atoms with Crippen molar-refractivity contribution in [2.75, 3.05) is 7.11 Å². The van der Waals surface area contributed by atoms with Gasteiger partial charge in [-0.05, 0) is 25.2 Å². The van der Waals surface area contributed by atoms with E-state index in [1.54, 1.807) is 0 Å². The second-order valence-electron chi connectivity index (χ2n) is 3.29. The molecular weight excluding hydrogens is 152 g/mol. The predicted molar refractivity (Wildman–Crippen MR) is 47.7 cm³/mol. The van der Waals surface area contributed by atoms with Gasteiger partial charge in [-0.15, -0.1) is 0 Å². The topological polar surface area (TPSA) is 26.3 Å². The van der Waals surface area contributed by atoms with Crippen molar-refractivity contribution in [1.82, 2.24) is 0 Å². The summed E-state index contributed by atoms with van der Waals surface area (Å²) in [6, 6.07) is 0. The smallest absolute Gasteiger partial charge is 0.308 e. The first-order valence-electron chi connectivity index (χ1n) is 4.52. The van der Waals surface area contributed by atoms with Gasteiger partial charge in [0.25, 0.3) is 0 Å². The zero-order valence-corrected chi connectivity index (χ0v) is 7.75. The third-order valence-corrected chi connectivity index (χ3v) is 2.48. The van der Waals surface area contributed by atoms with E-state index < -0.39 is 0 Å². The summed E-state index contributed by atoms with van der Waals surface area (Å²) in [7, 11) is 1.46. The molecule has 2 nitrogen and oxygen atoms in total. The molecule has 0 aromatic heterocycles. The molecule has 0 radical (unpaired) electrons. The minimum absolute atomic E-state index is 0.0576. The Morgan fingerprint density at radius 1 is 1.67 bits per heavy atom. The molecule has 1 aliphatic rings. The normalized spacial score (nSPS) is 28.5. The molecule has 0 saturated carbocycles. The molecular formula is C10H16O2. The Labute approximate surface area is 73.6 Å². The summed E-state index contributed by atoms with van der Waals surface area (Å²) in [6.07, 6.45) is 7.23. The standard InChI is InChI=1S/C10H16O2/c1-3-8-5-4-6-9(7-8)10(11)12-2/h4-5,8-9H,3,6-7H2,1-2H3/t8-,9+/m0/s1. The van der Waals surface area contributed by atoms with E-state index in [-0.39, 0.29) is 11.9 Å². The van der Waals surface area contributed by atoms with Gasteiger partial charge in [-0.3, -0.25) is 4.79 Å². The molecule has 0 spiro atoms. The number of hydrogen-bond donors (Lipinski definition) is 0. The Bertz CT molecular complexity index is 184. The van der Waals surface area contributed by atoms with E-state index in [1.807, 2.05) is 0 Å². The maximum Gasteiger partial charge on any atom is 0.308 e. The lowest BCUT2D eigenvalue weighted by Crippen LogP contribution is -2.20. The lowest BCUT2D eigenvalue weighted by molar-refractivity contribution is -0.146. The average molecular weight is 168 g/mol. The molecule has 0 bridgehead atoms. The molecule has 1 aliphatic carbocycles. The van der Waals surface area contributed by atoms with Crippen LogP contribution in [0.25, 0.3) is 0 Å². The van der Waals surface area contributed by atoms with E-state index >= 15 is 0 Å². The molecule has 0 fully saturated rings. The van der Waals surface area contributed by atoms with Crippen molar-refractivity contribution < 1.29 is 9.53 Å². The van der Waals surface area contributed by atoms with Crippen molar-refractivity contribution in [3.8, 4) is 0 Å². The van der Waals surface area contributed by atoms with E-state index in [9.17, 15) is 4.79 Å². The summed E-state index contributed by atoms with van der Waals surface area (Å²) in [5, 5.41) is 0. The van der Waals surface area contributed by atoms with Crippen LogP contribution in [-0.2, 0) is 9.53 Å². The summed E-state index contributed by atoms with van der Waals surface area (Å²) >= 11 is 0. The van der Waals surface area contributed by atoms with Gasteiger partial charge in [-0.25, -0.2) is 0 Å². The molecule has 0 aromatic rings. The Morgan fingerprint density at radius 2 is 2.42 bits per heavy atom. The number of hydrogen-bond acceptors (Lipinski definition) is 2. The molecule has 2 atom stereocenters. The van der Waals surface area contributed by atoms with Crippen LogP contribution >= 0.6 is 0 Å². The minimum Gasteiger partial charge on any atom is -0.469 e. The molecule has 68 valence electrons. The van der Waals surface area contributed by atoms with E-state index in [0.717, 1.165) is 19.3 Å². The third kappa shape index (κ3) is 2.10. The van der Waals surface area contributed by atoms with Gasteiger partial charge in [0.05, 0.1) is 13.0 Å². The van der Waals surface area contributed by atoms with Crippen LogP contribution in [0.5, 0.6) is 0 Å². The molecule has 12 heavy (non-hydrogen) atoms. The van der Waals surface area contributed by atoms with Crippen molar-refractivity contribution in [1.29, 1.82) is 0 Å². The molecule has 0 heterocycles. The average Bonchev–Trinajstić information content (AvgIpc) is 2.17. The molecule has 0 aliphatic heterocycles. The van der Waals surface area contributed by atoms with Crippen LogP contribution < -0.4 is 0 Å². The van der Waals surface area contributed by atoms with Crippen LogP contribution in [0.1, 0.15) is 26.2 Å². The largest absolute Gasteiger partial charge is 0.469 e. The third-order valence-electron chi connectivity index (χ3n) is 2.48. The van der Waals surface area contributed by atoms with Crippen molar-refractivity contribution >= 4 is 5.97 Å².